The number of ether oxygens (including phenoxy) is 1. The van der Waals surface area contributed by atoms with E-state index in [-0.39, 0.29) is 18.4 Å². The van der Waals surface area contributed by atoms with Gasteiger partial charge in [0, 0.05) is 11.3 Å². The van der Waals surface area contributed by atoms with Gasteiger partial charge in [-0.25, -0.2) is 4.90 Å². The van der Waals surface area contributed by atoms with E-state index in [9.17, 15) is 9.59 Å². The molecule has 2 aromatic carbocycles. The Kier molecular flexibility index (Phi) is 5.21. The zero-order chi connectivity index (χ0) is 17.8. The van der Waals surface area contributed by atoms with Crippen molar-refractivity contribution in [2.45, 2.75) is 0 Å². The molecular formula is C19H17NO4S. The maximum atomic E-state index is 13.1. The minimum absolute atomic E-state index is 0.0832. The minimum Gasteiger partial charge on any atom is -0.496 e. The predicted octanol–water partition coefficient (Wildman–Crippen LogP) is 2.71. The largest absolute Gasteiger partial charge is 0.496 e. The summed E-state index contributed by atoms with van der Waals surface area (Å²) in [6.45, 7) is -0.0832. The molecule has 0 bridgehead atoms. The van der Waals surface area contributed by atoms with E-state index in [1.165, 1.54) is 23.8 Å². The third kappa shape index (κ3) is 3.18. The Morgan fingerprint density at radius 1 is 1.00 bits per heavy atom. The van der Waals surface area contributed by atoms with Gasteiger partial charge in [-0.05, 0) is 18.2 Å². The van der Waals surface area contributed by atoms with E-state index in [0.29, 0.717) is 33.2 Å². The third-order valence-electron chi connectivity index (χ3n) is 3.77. The van der Waals surface area contributed by atoms with Crippen molar-refractivity contribution in [2.75, 3.05) is 24.4 Å². The highest BCUT2D eigenvalue weighted by molar-refractivity contribution is 8.04. The number of rotatable bonds is 6. The first-order valence-electron chi connectivity index (χ1n) is 7.74. The van der Waals surface area contributed by atoms with Gasteiger partial charge in [-0.15, -0.1) is 11.8 Å². The number of amides is 2. The summed E-state index contributed by atoms with van der Waals surface area (Å²) in [6, 6.07) is 15.9. The van der Waals surface area contributed by atoms with Gasteiger partial charge in [0.25, 0.3) is 11.8 Å². The molecule has 0 aromatic heterocycles. The number of imide groups is 1. The number of hydrogen-bond donors (Lipinski definition) is 1. The summed E-state index contributed by atoms with van der Waals surface area (Å²) in [5.41, 5.74) is 1.40. The van der Waals surface area contributed by atoms with Crippen LogP contribution in [0.2, 0.25) is 0 Å². The SMILES string of the molecule is COc1ccccc1C1=C(SCCO)C(=O)N(c2ccccc2)C1=O. The maximum absolute atomic E-state index is 13.1. The summed E-state index contributed by atoms with van der Waals surface area (Å²) in [6.07, 6.45) is 0. The second-order valence-electron chi connectivity index (χ2n) is 5.26. The second-order valence-corrected chi connectivity index (χ2v) is 6.36. The predicted molar refractivity (Wildman–Crippen MR) is 98.4 cm³/mol. The second kappa shape index (κ2) is 7.55. The monoisotopic (exact) mass is 355 g/mol. The molecule has 0 saturated heterocycles. The first kappa shape index (κ1) is 17.3. The van der Waals surface area contributed by atoms with Crippen LogP contribution < -0.4 is 9.64 Å². The van der Waals surface area contributed by atoms with Crippen LogP contribution in [0.4, 0.5) is 5.69 Å². The van der Waals surface area contributed by atoms with Crippen LogP contribution in [0.15, 0.2) is 59.5 Å². The van der Waals surface area contributed by atoms with Crippen LogP contribution in [-0.2, 0) is 9.59 Å². The molecule has 2 amide bonds. The van der Waals surface area contributed by atoms with E-state index in [1.807, 2.05) is 6.07 Å². The van der Waals surface area contributed by atoms with Crippen molar-refractivity contribution in [3.63, 3.8) is 0 Å². The zero-order valence-corrected chi connectivity index (χ0v) is 14.5. The fourth-order valence-corrected chi connectivity index (χ4v) is 3.54. The van der Waals surface area contributed by atoms with E-state index in [0.717, 1.165) is 0 Å². The number of para-hydroxylation sites is 2. The first-order valence-corrected chi connectivity index (χ1v) is 8.72. The van der Waals surface area contributed by atoms with Gasteiger partial charge in [-0.2, -0.15) is 0 Å². The van der Waals surface area contributed by atoms with Crippen LogP contribution in [0, 0.1) is 0 Å². The number of methoxy groups -OCH3 is 1. The number of hydrogen-bond acceptors (Lipinski definition) is 5. The van der Waals surface area contributed by atoms with E-state index in [1.54, 1.807) is 48.5 Å². The molecule has 1 N–H and O–H groups in total. The number of nitrogens with zero attached hydrogens (tertiary/aromatic N) is 1. The number of carbonyl (C=O) groups is 2. The van der Waals surface area contributed by atoms with Crippen LogP contribution in [0.5, 0.6) is 5.75 Å². The lowest BCUT2D eigenvalue weighted by molar-refractivity contribution is -0.119. The first-order chi connectivity index (χ1) is 12.2. The van der Waals surface area contributed by atoms with Crippen molar-refractivity contribution >= 4 is 34.8 Å². The summed E-state index contributed by atoms with van der Waals surface area (Å²) >= 11 is 1.18. The average Bonchev–Trinajstić information content (AvgIpc) is 2.90. The molecule has 0 aliphatic carbocycles. The van der Waals surface area contributed by atoms with Crippen molar-refractivity contribution < 1.29 is 19.4 Å². The summed E-state index contributed by atoms with van der Waals surface area (Å²) in [5.74, 6) is 0.0858. The normalized spacial score (nSPS) is 14.4. The Bertz CT molecular complexity index is 832. The Morgan fingerprint density at radius 3 is 2.36 bits per heavy atom. The van der Waals surface area contributed by atoms with Crippen LogP contribution in [0.1, 0.15) is 5.56 Å². The van der Waals surface area contributed by atoms with Gasteiger partial charge in [-0.3, -0.25) is 9.59 Å². The van der Waals surface area contributed by atoms with Crippen molar-refractivity contribution in [1.29, 1.82) is 0 Å². The standard InChI is InChI=1S/C19H17NO4S/c1-24-15-10-6-5-9-14(15)16-17(25-12-11-21)19(23)20(18(16)22)13-7-3-2-4-8-13/h2-10,21H,11-12H2,1H3. The quantitative estimate of drug-likeness (QED) is 0.807. The van der Waals surface area contributed by atoms with Crippen molar-refractivity contribution in [3.8, 4) is 5.75 Å². The number of benzene rings is 2. The number of anilines is 1. The molecule has 1 heterocycles. The Labute approximate surface area is 149 Å². The molecule has 25 heavy (non-hydrogen) atoms. The van der Waals surface area contributed by atoms with Crippen LogP contribution in [0.25, 0.3) is 5.57 Å². The minimum atomic E-state index is -0.388. The molecule has 1 aliphatic heterocycles. The number of aliphatic hydroxyl groups excluding tert-OH is 1. The highest BCUT2D eigenvalue weighted by Gasteiger charge is 2.40. The van der Waals surface area contributed by atoms with E-state index in [4.69, 9.17) is 9.84 Å². The number of thioether (sulfide) groups is 1. The molecular weight excluding hydrogens is 338 g/mol. The summed E-state index contributed by atoms with van der Waals surface area (Å²) < 4.78 is 5.36. The molecule has 128 valence electrons. The van der Waals surface area contributed by atoms with Gasteiger partial charge in [0.2, 0.25) is 0 Å². The molecule has 0 spiro atoms. The van der Waals surface area contributed by atoms with Crippen LogP contribution in [-0.4, -0.2) is 36.4 Å². The molecule has 0 radical (unpaired) electrons. The average molecular weight is 355 g/mol. The zero-order valence-electron chi connectivity index (χ0n) is 13.6. The van der Waals surface area contributed by atoms with Gasteiger partial charge < -0.3 is 9.84 Å². The van der Waals surface area contributed by atoms with Gasteiger partial charge in [-0.1, -0.05) is 36.4 Å². The van der Waals surface area contributed by atoms with Crippen molar-refractivity contribution in [1.82, 2.24) is 0 Å². The molecule has 0 atom stereocenters. The number of carbonyl (C=O) groups excluding carboxylic acids is 2. The summed E-state index contributed by atoms with van der Waals surface area (Å²) in [4.78, 5) is 27.5. The molecule has 0 saturated carbocycles. The van der Waals surface area contributed by atoms with Crippen LogP contribution in [0.3, 0.4) is 0 Å². The Morgan fingerprint density at radius 2 is 1.68 bits per heavy atom. The topological polar surface area (TPSA) is 66.8 Å². The molecule has 3 rings (SSSR count). The molecule has 0 unspecified atom stereocenters. The van der Waals surface area contributed by atoms with Gasteiger partial charge in [0.15, 0.2) is 0 Å². The van der Waals surface area contributed by atoms with E-state index in [2.05, 4.69) is 0 Å². The fourth-order valence-electron chi connectivity index (χ4n) is 2.69. The Hall–Kier alpha value is -2.57. The van der Waals surface area contributed by atoms with Gasteiger partial charge in [0.1, 0.15) is 5.75 Å². The fraction of sp³-hybridized carbons (Fsp3) is 0.158. The van der Waals surface area contributed by atoms with Gasteiger partial charge in [0.05, 0.1) is 29.9 Å². The molecule has 0 fully saturated rings. The molecule has 2 aromatic rings. The number of aliphatic hydroxyl groups is 1. The highest BCUT2D eigenvalue weighted by Crippen LogP contribution is 2.40. The van der Waals surface area contributed by atoms with E-state index >= 15 is 0 Å². The molecule has 1 aliphatic rings. The highest BCUT2D eigenvalue weighted by atomic mass is 32.2. The van der Waals surface area contributed by atoms with Crippen molar-refractivity contribution in [3.05, 3.63) is 65.1 Å². The lowest BCUT2D eigenvalue weighted by atomic mass is 10.0. The van der Waals surface area contributed by atoms with Gasteiger partial charge >= 0.3 is 0 Å². The Balaban J connectivity index is 2.12. The molecule has 6 heteroatoms. The smallest absolute Gasteiger partial charge is 0.272 e. The summed E-state index contributed by atoms with van der Waals surface area (Å²) in [5, 5.41) is 9.14. The lowest BCUT2D eigenvalue weighted by Gasteiger charge is -2.15. The lowest BCUT2D eigenvalue weighted by Crippen LogP contribution is -2.31. The van der Waals surface area contributed by atoms with E-state index < -0.39 is 0 Å². The van der Waals surface area contributed by atoms with Crippen molar-refractivity contribution in [2.24, 2.45) is 0 Å². The molecule has 5 nitrogen and oxygen atoms in total. The summed E-state index contributed by atoms with van der Waals surface area (Å²) in [7, 11) is 1.52. The van der Waals surface area contributed by atoms with Crippen LogP contribution >= 0.6 is 11.8 Å². The third-order valence-corrected chi connectivity index (χ3v) is 4.82. The maximum Gasteiger partial charge on any atom is 0.272 e.